The minimum atomic E-state index is -0.583. The first-order valence-corrected chi connectivity index (χ1v) is 3.93. The van der Waals surface area contributed by atoms with Crippen molar-refractivity contribution in [3.05, 3.63) is 23.8 Å². The van der Waals surface area contributed by atoms with Crippen LogP contribution in [-0.4, -0.2) is 19.1 Å². The van der Waals surface area contributed by atoms with Crippen LogP contribution >= 0.6 is 0 Å². The van der Waals surface area contributed by atoms with E-state index in [1.165, 1.54) is 7.11 Å². The Morgan fingerprint density at radius 1 is 1.67 bits per heavy atom. The molecule has 1 aliphatic rings. The van der Waals surface area contributed by atoms with Gasteiger partial charge in [0.15, 0.2) is 0 Å². The van der Waals surface area contributed by atoms with Crippen LogP contribution in [0.2, 0.25) is 0 Å². The smallest absolute Gasteiger partial charge is 0.326 e. The zero-order chi connectivity index (χ0) is 8.97. The Morgan fingerprint density at radius 3 is 2.92 bits per heavy atom. The van der Waals surface area contributed by atoms with Crippen molar-refractivity contribution in [2.45, 2.75) is 18.9 Å². The van der Waals surface area contributed by atoms with Crippen molar-refractivity contribution < 1.29 is 9.53 Å². The van der Waals surface area contributed by atoms with Crippen LogP contribution in [-0.2, 0) is 9.53 Å². The molecule has 3 nitrogen and oxygen atoms in total. The fourth-order valence-electron chi connectivity index (χ4n) is 1.15. The van der Waals surface area contributed by atoms with Gasteiger partial charge >= 0.3 is 5.97 Å². The second-order valence-electron chi connectivity index (χ2n) is 2.69. The van der Waals surface area contributed by atoms with Crippen LogP contribution in [0.15, 0.2) is 23.8 Å². The van der Waals surface area contributed by atoms with E-state index in [2.05, 4.69) is 4.74 Å². The number of carbonyl (C=O) groups excluding carboxylic acids is 1. The summed E-state index contributed by atoms with van der Waals surface area (Å²) >= 11 is 0. The summed E-state index contributed by atoms with van der Waals surface area (Å²) in [5.74, 6) is -0.364. The number of methoxy groups -OCH3 is 1. The number of carbonyl (C=O) groups is 1. The third-order valence-electron chi connectivity index (χ3n) is 1.89. The molecule has 0 bridgehead atoms. The van der Waals surface area contributed by atoms with Crippen LogP contribution in [0.1, 0.15) is 12.8 Å². The molecule has 0 spiro atoms. The molecule has 1 aliphatic carbocycles. The summed E-state index contributed by atoms with van der Waals surface area (Å²) < 4.78 is 4.54. The van der Waals surface area contributed by atoms with Crippen LogP contribution in [0.4, 0.5) is 0 Å². The van der Waals surface area contributed by atoms with Gasteiger partial charge in [-0.25, -0.2) is 0 Å². The van der Waals surface area contributed by atoms with Gasteiger partial charge in [-0.1, -0.05) is 18.2 Å². The fraction of sp³-hybridized carbons (Fsp3) is 0.444. The molecule has 1 atom stereocenters. The molecule has 3 heteroatoms. The summed E-state index contributed by atoms with van der Waals surface area (Å²) in [4.78, 5) is 11.0. The molecule has 0 unspecified atom stereocenters. The fourth-order valence-corrected chi connectivity index (χ4v) is 1.15. The quantitative estimate of drug-likeness (QED) is 0.488. The highest BCUT2D eigenvalue weighted by Crippen LogP contribution is 2.14. The largest absolute Gasteiger partial charge is 0.468 e. The van der Waals surface area contributed by atoms with Gasteiger partial charge in [-0.15, -0.1) is 0 Å². The van der Waals surface area contributed by atoms with Crippen molar-refractivity contribution in [3.63, 3.8) is 0 Å². The SMILES string of the molecule is COC(=O)[C@H](N)C1=CCC=CC1. The molecular weight excluding hydrogens is 154 g/mol. The van der Waals surface area contributed by atoms with E-state index in [-0.39, 0.29) is 5.97 Å². The van der Waals surface area contributed by atoms with Gasteiger partial charge in [-0.2, -0.15) is 0 Å². The van der Waals surface area contributed by atoms with Crippen molar-refractivity contribution >= 4 is 5.97 Å². The van der Waals surface area contributed by atoms with Gasteiger partial charge in [-0.05, 0) is 18.4 Å². The zero-order valence-electron chi connectivity index (χ0n) is 7.12. The second-order valence-corrected chi connectivity index (χ2v) is 2.69. The van der Waals surface area contributed by atoms with E-state index in [9.17, 15) is 4.79 Å². The molecule has 0 aromatic rings. The number of allylic oxidation sites excluding steroid dienone is 3. The highest BCUT2D eigenvalue weighted by molar-refractivity contribution is 5.79. The summed E-state index contributed by atoms with van der Waals surface area (Å²) in [5.41, 5.74) is 6.57. The topological polar surface area (TPSA) is 52.3 Å². The molecule has 12 heavy (non-hydrogen) atoms. The first kappa shape index (κ1) is 9.00. The molecule has 0 heterocycles. The third kappa shape index (κ3) is 1.95. The summed E-state index contributed by atoms with van der Waals surface area (Å²) in [7, 11) is 1.35. The van der Waals surface area contributed by atoms with E-state index >= 15 is 0 Å². The molecule has 0 amide bonds. The van der Waals surface area contributed by atoms with E-state index in [1.807, 2.05) is 18.2 Å². The first-order chi connectivity index (χ1) is 5.75. The molecular formula is C9H13NO2. The Labute approximate surface area is 71.9 Å². The molecule has 0 saturated carbocycles. The number of hydrogen-bond donors (Lipinski definition) is 1. The molecule has 0 aliphatic heterocycles. The van der Waals surface area contributed by atoms with Crippen LogP contribution in [0.3, 0.4) is 0 Å². The number of ether oxygens (including phenoxy) is 1. The lowest BCUT2D eigenvalue weighted by molar-refractivity contribution is -0.141. The normalized spacial score (nSPS) is 18.3. The molecule has 0 aromatic heterocycles. The van der Waals surface area contributed by atoms with Crippen LogP contribution in [0, 0.1) is 0 Å². The van der Waals surface area contributed by atoms with Crippen LogP contribution < -0.4 is 5.73 Å². The highest BCUT2D eigenvalue weighted by Gasteiger charge is 2.18. The van der Waals surface area contributed by atoms with E-state index in [0.717, 1.165) is 18.4 Å². The van der Waals surface area contributed by atoms with E-state index in [4.69, 9.17) is 5.73 Å². The minimum Gasteiger partial charge on any atom is -0.468 e. The maximum Gasteiger partial charge on any atom is 0.326 e. The van der Waals surface area contributed by atoms with E-state index in [0.29, 0.717) is 0 Å². The molecule has 0 aromatic carbocycles. The van der Waals surface area contributed by atoms with Gasteiger partial charge in [0.1, 0.15) is 6.04 Å². The zero-order valence-corrected chi connectivity index (χ0v) is 7.12. The second kappa shape index (κ2) is 4.07. The Morgan fingerprint density at radius 2 is 2.42 bits per heavy atom. The minimum absolute atomic E-state index is 0.364. The highest BCUT2D eigenvalue weighted by atomic mass is 16.5. The molecule has 1 rings (SSSR count). The van der Waals surface area contributed by atoms with E-state index in [1.54, 1.807) is 0 Å². The third-order valence-corrected chi connectivity index (χ3v) is 1.89. The molecule has 0 saturated heterocycles. The maximum absolute atomic E-state index is 11.0. The number of rotatable bonds is 2. The lowest BCUT2D eigenvalue weighted by Crippen LogP contribution is -2.33. The first-order valence-electron chi connectivity index (χ1n) is 3.93. The number of esters is 1. The Hall–Kier alpha value is -1.09. The van der Waals surface area contributed by atoms with Crippen molar-refractivity contribution in [1.82, 2.24) is 0 Å². The van der Waals surface area contributed by atoms with Crippen LogP contribution in [0.25, 0.3) is 0 Å². The lowest BCUT2D eigenvalue weighted by Gasteiger charge is -2.14. The summed E-state index contributed by atoms with van der Waals surface area (Å²) in [5, 5.41) is 0. The summed E-state index contributed by atoms with van der Waals surface area (Å²) in [6, 6.07) is -0.583. The molecule has 2 N–H and O–H groups in total. The average Bonchev–Trinajstić information content (AvgIpc) is 2.17. The lowest BCUT2D eigenvalue weighted by atomic mass is 9.99. The summed E-state index contributed by atoms with van der Waals surface area (Å²) in [6.45, 7) is 0. The molecule has 0 fully saturated rings. The standard InChI is InChI=1S/C9H13NO2/c1-12-9(11)8(10)7-5-3-2-4-6-7/h2-3,6,8H,4-5,10H2,1H3/t8-/m1/s1. The van der Waals surface area contributed by atoms with Crippen molar-refractivity contribution in [2.75, 3.05) is 7.11 Å². The predicted octanol–water partition coefficient (Wildman–Crippen LogP) is 0.763. The van der Waals surface area contributed by atoms with Gasteiger partial charge in [0.25, 0.3) is 0 Å². The monoisotopic (exact) mass is 167 g/mol. The van der Waals surface area contributed by atoms with Crippen molar-refractivity contribution in [3.8, 4) is 0 Å². The predicted molar refractivity (Wildman–Crippen MR) is 46.4 cm³/mol. The molecule has 66 valence electrons. The Balaban J connectivity index is 2.57. The Bertz CT molecular complexity index is 231. The van der Waals surface area contributed by atoms with Crippen LogP contribution in [0.5, 0.6) is 0 Å². The van der Waals surface area contributed by atoms with Gasteiger partial charge in [0.2, 0.25) is 0 Å². The summed E-state index contributed by atoms with van der Waals surface area (Å²) in [6.07, 6.45) is 7.66. The van der Waals surface area contributed by atoms with E-state index < -0.39 is 6.04 Å². The van der Waals surface area contributed by atoms with Gasteiger partial charge in [-0.3, -0.25) is 4.79 Å². The van der Waals surface area contributed by atoms with Gasteiger partial charge < -0.3 is 10.5 Å². The van der Waals surface area contributed by atoms with Crippen molar-refractivity contribution in [1.29, 1.82) is 0 Å². The molecule has 0 radical (unpaired) electrons. The number of nitrogens with two attached hydrogens (primary N) is 1. The average molecular weight is 167 g/mol. The van der Waals surface area contributed by atoms with Crippen molar-refractivity contribution in [2.24, 2.45) is 5.73 Å². The number of hydrogen-bond acceptors (Lipinski definition) is 3. The Kier molecular flexibility index (Phi) is 3.05. The maximum atomic E-state index is 11.0. The van der Waals surface area contributed by atoms with Gasteiger partial charge in [0.05, 0.1) is 7.11 Å². The van der Waals surface area contributed by atoms with Gasteiger partial charge in [0, 0.05) is 0 Å².